The van der Waals surface area contributed by atoms with Gasteiger partial charge in [0.2, 0.25) is 10.0 Å². The average molecular weight is 361 g/mol. The molecule has 134 valence electrons. The zero-order chi connectivity index (χ0) is 17.7. The van der Waals surface area contributed by atoms with Gasteiger partial charge in [0.1, 0.15) is 17.2 Å². The molecule has 24 heavy (non-hydrogen) atoms. The van der Waals surface area contributed by atoms with Crippen LogP contribution in [0.15, 0.2) is 18.2 Å². The van der Waals surface area contributed by atoms with Crippen molar-refractivity contribution in [1.82, 2.24) is 14.5 Å². The Balaban J connectivity index is 1.88. The Kier molecular flexibility index (Phi) is 6.25. The van der Waals surface area contributed by atoms with Crippen molar-refractivity contribution in [1.29, 1.82) is 0 Å². The third kappa shape index (κ3) is 4.49. The highest BCUT2D eigenvalue weighted by atomic mass is 32.2. The maximum atomic E-state index is 13.5. The van der Waals surface area contributed by atoms with E-state index >= 15 is 0 Å². The molecule has 1 amide bonds. The van der Waals surface area contributed by atoms with E-state index in [2.05, 4.69) is 10.2 Å². The number of nitrogens with zero attached hydrogens (tertiary/aromatic N) is 2. The standard InChI is InChI=1S/C15H21F2N3O3S/c1-2-19-7-9-20(10-8-19)24(22,23)11-6-18-15(21)14-12(16)4-3-5-13(14)17/h3-5H,2,6-11H2,1H3,(H,18,21). The fourth-order valence-electron chi connectivity index (χ4n) is 2.55. The predicted molar refractivity (Wildman–Crippen MR) is 86.2 cm³/mol. The van der Waals surface area contributed by atoms with Crippen molar-refractivity contribution >= 4 is 15.9 Å². The number of carbonyl (C=O) groups excluding carboxylic acids is 1. The molecular weight excluding hydrogens is 340 g/mol. The molecule has 9 heteroatoms. The second-order valence-electron chi connectivity index (χ2n) is 5.50. The van der Waals surface area contributed by atoms with E-state index in [1.165, 1.54) is 4.31 Å². The lowest BCUT2D eigenvalue weighted by molar-refractivity contribution is 0.0947. The first-order valence-electron chi connectivity index (χ1n) is 7.77. The summed E-state index contributed by atoms with van der Waals surface area (Å²) in [6.45, 7) is 4.84. The van der Waals surface area contributed by atoms with Gasteiger partial charge in [-0.3, -0.25) is 4.79 Å². The second-order valence-corrected chi connectivity index (χ2v) is 7.59. The predicted octanol–water partition coefficient (Wildman–Crippen LogP) is 0.662. The van der Waals surface area contributed by atoms with Gasteiger partial charge in [0.25, 0.3) is 5.91 Å². The molecule has 1 heterocycles. The summed E-state index contributed by atoms with van der Waals surface area (Å²) in [4.78, 5) is 14.0. The van der Waals surface area contributed by atoms with Crippen LogP contribution in [0.4, 0.5) is 8.78 Å². The van der Waals surface area contributed by atoms with Crippen molar-refractivity contribution in [3.05, 3.63) is 35.4 Å². The van der Waals surface area contributed by atoms with Gasteiger partial charge in [0.15, 0.2) is 0 Å². The maximum Gasteiger partial charge on any atom is 0.257 e. The third-order valence-corrected chi connectivity index (χ3v) is 5.88. The first kappa shape index (κ1) is 18.8. The molecule has 0 atom stereocenters. The molecule has 2 rings (SSSR count). The molecular formula is C15H21F2N3O3S. The topological polar surface area (TPSA) is 69.7 Å². The lowest BCUT2D eigenvalue weighted by atomic mass is 10.2. The number of halogens is 2. The number of carbonyl (C=O) groups is 1. The smallest absolute Gasteiger partial charge is 0.257 e. The lowest BCUT2D eigenvalue weighted by Gasteiger charge is -2.33. The maximum absolute atomic E-state index is 13.5. The van der Waals surface area contributed by atoms with Crippen LogP contribution in [0.2, 0.25) is 0 Å². The average Bonchev–Trinajstić information content (AvgIpc) is 2.54. The Morgan fingerprint density at radius 1 is 1.17 bits per heavy atom. The van der Waals surface area contributed by atoms with E-state index < -0.39 is 33.1 Å². The van der Waals surface area contributed by atoms with Crippen molar-refractivity contribution < 1.29 is 22.0 Å². The monoisotopic (exact) mass is 361 g/mol. The summed E-state index contributed by atoms with van der Waals surface area (Å²) in [5, 5.41) is 2.26. The van der Waals surface area contributed by atoms with Gasteiger partial charge in [-0.25, -0.2) is 17.2 Å². The van der Waals surface area contributed by atoms with Crippen molar-refractivity contribution in [3.63, 3.8) is 0 Å². The molecule has 0 spiro atoms. The Hall–Kier alpha value is -1.58. The highest BCUT2D eigenvalue weighted by molar-refractivity contribution is 7.89. The normalized spacial score (nSPS) is 17.0. The van der Waals surface area contributed by atoms with Crippen molar-refractivity contribution in [2.45, 2.75) is 6.92 Å². The minimum absolute atomic E-state index is 0.205. The Bertz CT molecular complexity index is 669. The Morgan fingerprint density at radius 3 is 2.29 bits per heavy atom. The number of hydrogen-bond donors (Lipinski definition) is 1. The van der Waals surface area contributed by atoms with Crippen LogP contribution in [0, 0.1) is 11.6 Å². The number of piperazine rings is 1. The van der Waals surface area contributed by atoms with Gasteiger partial charge in [-0.05, 0) is 18.7 Å². The molecule has 1 aliphatic heterocycles. The van der Waals surface area contributed by atoms with E-state index in [0.717, 1.165) is 24.7 Å². The molecule has 1 saturated heterocycles. The van der Waals surface area contributed by atoms with Gasteiger partial charge in [-0.15, -0.1) is 0 Å². The van der Waals surface area contributed by atoms with Gasteiger partial charge in [0.05, 0.1) is 5.75 Å². The fraction of sp³-hybridized carbons (Fsp3) is 0.533. The molecule has 0 aliphatic carbocycles. The summed E-state index contributed by atoms with van der Waals surface area (Å²) in [5.41, 5.74) is -0.702. The van der Waals surface area contributed by atoms with Crippen LogP contribution in [0.1, 0.15) is 17.3 Å². The number of nitrogens with one attached hydrogen (secondary N) is 1. The quantitative estimate of drug-likeness (QED) is 0.808. The van der Waals surface area contributed by atoms with Crippen LogP contribution >= 0.6 is 0 Å². The van der Waals surface area contributed by atoms with Crippen LogP contribution in [0.25, 0.3) is 0 Å². The van der Waals surface area contributed by atoms with E-state index in [-0.39, 0.29) is 12.3 Å². The summed E-state index contributed by atoms with van der Waals surface area (Å²) in [7, 11) is -3.51. The van der Waals surface area contributed by atoms with E-state index in [0.29, 0.717) is 26.2 Å². The molecule has 1 aliphatic rings. The minimum Gasteiger partial charge on any atom is -0.351 e. The van der Waals surface area contributed by atoms with Crippen LogP contribution < -0.4 is 5.32 Å². The summed E-state index contributed by atoms with van der Waals surface area (Å²) >= 11 is 0. The third-order valence-electron chi connectivity index (χ3n) is 4.01. The van der Waals surface area contributed by atoms with Gasteiger partial charge in [0, 0.05) is 32.7 Å². The molecule has 1 aromatic rings. The van der Waals surface area contributed by atoms with Crippen molar-refractivity contribution in [2.24, 2.45) is 0 Å². The number of rotatable bonds is 6. The molecule has 6 nitrogen and oxygen atoms in total. The van der Waals surface area contributed by atoms with E-state index in [9.17, 15) is 22.0 Å². The van der Waals surface area contributed by atoms with Crippen LogP contribution in [-0.4, -0.2) is 68.6 Å². The summed E-state index contributed by atoms with van der Waals surface area (Å²) in [6, 6.07) is 3.10. The summed E-state index contributed by atoms with van der Waals surface area (Å²) < 4.78 is 52.8. The highest BCUT2D eigenvalue weighted by Crippen LogP contribution is 2.12. The van der Waals surface area contributed by atoms with E-state index in [4.69, 9.17) is 0 Å². The zero-order valence-corrected chi connectivity index (χ0v) is 14.3. The van der Waals surface area contributed by atoms with Crippen molar-refractivity contribution in [2.75, 3.05) is 45.0 Å². The molecule has 0 saturated carbocycles. The second kappa shape index (κ2) is 8.00. The number of sulfonamides is 1. The van der Waals surface area contributed by atoms with Gasteiger partial charge in [-0.1, -0.05) is 13.0 Å². The molecule has 0 aromatic heterocycles. The van der Waals surface area contributed by atoms with Crippen LogP contribution in [0.3, 0.4) is 0 Å². The number of hydrogen-bond acceptors (Lipinski definition) is 4. The Morgan fingerprint density at radius 2 is 1.75 bits per heavy atom. The molecule has 0 radical (unpaired) electrons. The van der Waals surface area contributed by atoms with Gasteiger partial charge >= 0.3 is 0 Å². The largest absolute Gasteiger partial charge is 0.351 e. The summed E-state index contributed by atoms with van der Waals surface area (Å²) in [6.07, 6.45) is 0. The minimum atomic E-state index is -3.51. The van der Waals surface area contributed by atoms with Crippen LogP contribution in [0.5, 0.6) is 0 Å². The molecule has 1 fully saturated rings. The molecule has 0 unspecified atom stereocenters. The highest BCUT2D eigenvalue weighted by Gasteiger charge is 2.26. The molecule has 1 N–H and O–H groups in total. The zero-order valence-electron chi connectivity index (χ0n) is 13.5. The Labute approximate surface area is 140 Å². The number of benzene rings is 1. The molecule has 1 aromatic carbocycles. The van der Waals surface area contributed by atoms with E-state index in [1.807, 2.05) is 6.92 Å². The lowest BCUT2D eigenvalue weighted by Crippen LogP contribution is -2.49. The summed E-state index contributed by atoms with van der Waals surface area (Å²) in [5.74, 6) is -3.23. The van der Waals surface area contributed by atoms with Crippen molar-refractivity contribution in [3.8, 4) is 0 Å². The first-order chi connectivity index (χ1) is 11.3. The first-order valence-corrected chi connectivity index (χ1v) is 9.38. The fourth-order valence-corrected chi connectivity index (χ4v) is 3.89. The van der Waals surface area contributed by atoms with Crippen LogP contribution in [-0.2, 0) is 10.0 Å². The number of amides is 1. The van der Waals surface area contributed by atoms with Gasteiger partial charge in [-0.2, -0.15) is 4.31 Å². The number of likely N-dealkylation sites (N-methyl/N-ethyl adjacent to an activating group) is 1. The van der Waals surface area contributed by atoms with Gasteiger partial charge < -0.3 is 10.2 Å². The van der Waals surface area contributed by atoms with E-state index in [1.54, 1.807) is 0 Å². The SMILES string of the molecule is CCN1CCN(S(=O)(=O)CCNC(=O)c2c(F)cccc2F)CC1. The molecule has 0 bridgehead atoms.